The van der Waals surface area contributed by atoms with Crippen LogP contribution in [0, 0.1) is 5.92 Å². The molecule has 1 atom stereocenters. The lowest BCUT2D eigenvalue weighted by Crippen LogP contribution is -2.08. The molecule has 0 bridgehead atoms. The zero-order valence-corrected chi connectivity index (χ0v) is 8.91. The molecular formula is C10H25N. The molecule has 1 nitrogen and oxygen atoms in total. The molecule has 0 aromatic carbocycles. The van der Waals surface area contributed by atoms with Gasteiger partial charge >= 0.3 is 0 Å². The maximum atomic E-state index is 3.15. The van der Waals surface area contributed by atoms with Crippen LogP contribution in [0.25, 0.3) is 0 Å². The second-order valence-corrected chi connectivity index (χ2v) is 2.76. The first kappa shape index (κ1) is 13.5. The number of nitrogens with one attached hydrogen (secondary N) is 1. The Hall–Kier alpha value is -0.0400. The smallest absolute Gasteiger partial charge is 0.00518 e. The highest BCUT2D eigenvalue weighted by atomic mass is 14.8. The maximum absolute atomic E-state index is 3.15. The summed E-state index contributed by atoms with van der Waals surface area (Å²) in [5.74, 6) is 0.915. The summed E-state index contributed by atoms with van der Waals surface area (Å²) in [6.07, 6.45) is 4.02. The Morgan fingerprint density at radius 2 is 1.82 bits per heavy atom. The van der Waals surface area contributed by atoms with Gasteiger partial charge in [0.2, 0.25) is 0 Å². The van der Waals surface area contributed by atoms with E-state index in [4.69, 9.17) is 0 Å². The second-order valence-electron chi connectivity index (χ2n) is 2.76. The molecule has 0 saturated heterocycles. The van der Waals surface area contributed by atoms with Crippen LogP contribution in [0.1, 0.15) is 47.0 Å². The van der Waals surface area contributed by atoms with Crippen LogP contribution in [0.5, 0.6) is 0 Å². The lowest BCUT2D eigenvalue weighted by molar-refractivity contribution is 0.489. The van der Waals surface area contributed by atoms with Crippen molar-refractivity contribution in [3.05, 3.63) is 0 Å². The fraction of sp³-hybridized carbons (Fsp3) is 1.00. The Morgan fingerprint density at radius 1 is 1.27 bits per heavy atom. The Labute approximate surface area is 72.6 Å². The van der Waals surface area contributed by atoms with Crippen LogP contribution in [0.2, 0.25) is 0 Å². The zero-order valence-electron chi connectivity index (χ0n) is 8.91. The van der Waals surface area contributed by atoms with E-state index in [-0.39, 0.29) is 0 Å². The van der Waals surface area contributed by atoms with Crippen LogP contribution in [0.3, 0.4) is 0 Å². The van der Waals surface area contributed by atoms with Gasteiger partial charge in [-0.25, -0.2) is 0 Å². The van der Waals surface area contributed by atoms with E-state index in [9.17, 15) is 0 Å². The Bertz CT molecular complexity index is 52.8. The summed E-state index contributed by atoms with van der Waals surface area (Å²) in [5.41, 5.74) is 0. The van der Waals surface area contributed by atoms with Gasteiger partial charge in [-0.3, -0.25) is 0 Å². The molecule has 0 amide bonds. The molecule has 0 aromatic rings. The molecule has 0 aliphatic carbocycles. The molecule has 0 saturated carbocycles. The minimum Gasteiger partial charge on any atom is -0.320 e. The van der Waals surface area contributed by atoms with Gasteiger partial charge in [-0.15, -0.1) is 0 Å². The SMILES string of the molecule is CC.CCC(C)CCCNC. The van der Waals surface area contributed by atoms with Crippen LogP contribution >= 0.6 is 0 Å². The van der Waals surface area contributed by atoms with Gasteiger partial charge in [0.15, 0.2) is 0 Å². The largest absolute Gasteiger partial charge is 0.320 e. The van der Waals surface area contributed by atoms with Gasteiger partial charge in [-0.05, 0) is 32.4 Å². The molecule has 70 valence electrons. The van der Waals surface area contributed by atoms with E-state index in [0.29, 0.717) is 0 Å². The first-order chi connectivity index (χ1) is 5.31. The van der Waals surface area contributed by atoms with Crippen molar-refractivity contribution in [1.82, 2.24) is 5.32 Å². The Morgan fingerprint density at radius 3 is 2.18 bits per heavy atom. The Balaban J connectivity index is 0. The minimum atomic E-state index is 0.915. The molecule has 0 fully saturated rings. The molecule has 1 unspecified atom stereocenters. The Kier molecular flexibility index (Phi) is 15.5. The average Bonchev–Trinajstić information content (AvgIpc) is 2.08. The molecule has 11 heavy (non-hydrogen) atoms. The zero-order chi connectivity index (χ0) is 9.11. The lowest BCUT2D eigenvalue weighted by atomic mass is 10.0. The van der Waals surface area contributed by atoms with E-state index in [2.05, 4.69) is 19.2 Å². The van der Waals surface area contributed by atoms with Gasteiger partial charge in [0.25, 0.3) is 0 Å². The van der Waals surface area contributed by atoms with Crippen molar-refractivity contribution in [3.8, 4) is 0 Å². The van der Waals surface area contributed by atoms with E-state index in [1.54, 1.807) is 0 Å². The van der Waals surface area contributed by atoms with Crippen molar-refractivity contribution in [2.45, 2.75) is 47.0 Å². The molecule has 0 aromatic heterocycles. The summed E-state index contributed by atoms with van der Waals surface area (Å²) in [5, 5.41) is 3.15. The van der Waals surface area contributed by atoms with Gasteiger partial charge in [0.05, 0.1) is 0 Å². The van der Waals surface area contributed by atoms with E-state index in [0.717, 1.165) is 5.92 Å². The van der Waals surface area contributed by atoms with Crippen LogP contribution in [0.4, 0.5) is 0 Å². The number of hydrogen-bond donors (Lipinski definition) is 1. The molecule has 0 aliphatic rings. The van der Waals surface area contributed by atoms with E-state index >= 15 is 0 Å². The van der Waals surface area contributed by atoms with Crippen molar-refractivity contribution in [2.75, 3.05) is 13.6 Å². The predicted octanol–water partition coefficient (Wildman–Crippen LogP) is 3.06. The fourth-order valence-electron chi connectivity index (χ4n) is 0.831. The molecule has 0 rings (SSSR count). The topological polar surface area (TPSA) is 12.0 Å². The third-order valence-electron chi connectivity index (χ3n) is 1.82. The molecule has 0 radical (unpaired) electrons. The van der Waals surface area contributed by atoms with Crippen molar-refractivity contribution >= 4 is 0 Å². The monoisotopic (exact) mass is 159 g/mol. The number of rotatable bonds is 5. The molecule has 0 aliphatic heterocycles. The predicted molar refractivity (Wildman–Crippen MR) is 54.0 cm³/mol. The summed E-state index contributed by atoms with van der Waals surface area (Å²) in [4.78, 5) is 0. The van der Waals surface area contributed by atoms with Crippen molar-refractivity contribution < 1.29 is 0 Å². The normalized spacial score (nSPS) is 11.7. The van der Waals surface area contributed by atoms with Crippen molar-refractivity contribution in [1.29, 1.82) is 0 Å². The van der Waals surface area contributed by atoms with E-state index < -0.39 is 0 Å². The van der Waals surface area contributed by atoms with Crippen molar-refractivity contribution in [2.24, 2.45) is 5.92 Å². The third-order valence-corrected chi connectivity index (χ3v) is 1.82. The summed E-state index contributed by atoms with van der Waals surface area (Å²) < 4.78 is 0. The molecule has 1 heteroatoms. The first-order valence-corrected chi connectivity index (χ1v) is 4.95. The van der Waals surface area contributed by atoms with Gasteiger partial charge in [-0.2, -0.15) is 0 Å². The second kappa shape index (κ2) is 12.6. The van der Waals surface area contributed by atoms with E-state index in [1.807, 2.05) is 20.9 Å². The third kappa shape index (κ3) is 13.0. The van der Waals surface area contributed by atoms with Crippen molar-refractivity contribution in [3.63, 3.8) is 0 Å². The minimum absolute atomic E-state index is 0.915. The van der Waals surface area contributed by atoms with E-state index in [1.165, 1.54) is 25.8 Å². The van der Waals surface area contributed by atoms with Gasteiger partial charge in [-0.1, -0.05) is 34.1 Å². The summed E-state index contributed by atoms with van der Waals surface area (Å²) in [6, 6.07) is 0. The first-order valence-electron chi connectivity index (χ1n) is 4.95. The average molecular weight is 159 g/mol. The highest BCUT2D eigenvalue weighted by molar-refractivity contribution is 4.50. The molecule has 1 N–H and O–H groups in total. The standard InChI is InChI=1S/C8H19N.C2H6/c1-4-8(2)6-5-7-9-3;1-2/h8-9H,4-7H2,1-3H3;1-2H3. The van der Waals surface area contributed by atoms with Gasteiger partial charge in [0, 0.05) is 0 Å². The van der Waals surface area contributed by atoms with Crippen LogP contribution in [-0.2, 0) is 0 Å². The highest BCUT2D eigenvalue weighted by Gasteiger charge is 1.95. The lowest BCUT2D eigenvalue weighted by Gasteiger charge is -2.06. The maximum Gasteiger partial charge on any atom is -0.00518 e. The van der Waals surface area contributed by atoms with Gasteiger partial charge in [0.1, 0.15) is 0 Å². The summed E-state index contributed by atoms with van der Waals surface area (Å²) in [6.45, 7) is 9.74. The quantitative estimate of drug-likeness (QED) is 0.608. The van der Waals surface area contributed by atoms with Crippen LogP contribution < -0.4 is 5.32 Å². The summed E-state index contributed by atoms with van der Waals surface area (Å²) >= 11 is 0. The van der Waals surface area contributed by atoms with Crippen LogP contribution in [0.15, 0.2) is 0 Å². The fourth-order valence-corrected chi connectivity index (χ4v) is 0.831. The van der Waals surface area contributed by atoms with Crippen LogP contribution in [-0.4, -0.2) is 13.6 Å². The summed E-state index contributed by atoms with van der Waals surface area (Å²) in [7, 11) is 2.01. The molecular weight excluding hydrogens is 134 g/mol. The molecule has 0 spiro atoms. The van der Waals surface area contributed by atoms with Gasteiger partial charge < -0.3 is 5.32 Å². The number of hydrogen-bond acceptors (Lipinski definition) is 1. The highest BCUT2D eigenvalue weighted by Crippen LogP contribution is 2.07. The molecule has 0 heterocycles.